The largest absolute Gasteiger partial charge is 0.325 e. The molecule has 4 amide bonds. The maximum Gasteiger partial charge on any atom is 0.325 e. The number of sulfonamides is 1. The highest BCUT2D eigenvalue weighted by Crippen LogP contribution is 2.29. The lowest BCUT2D eigenvalue weighted by Crippen LogP contribution is -2.42. The number of rotatable bonds is 7. The predicted octanol–water partition coefficient (Wildman–Crippen LogP) is 2.92. The predicted molar refractivity (Wildman–Crippen MR) is 131 cm³/mol. The minimum atomic E-state index is -3.88. The van der Waals surface area contributed by atoms with E-state index in [9.17, 15) is 22.8 Å². The highest BCUT2D eigenvalue weighted by Gasteiger charge is 2.49. The van der Waals surface area contributed by atoms with Gasteiger partial charge in [-0.3, -0.25) is 18.8 Å². The molecule has 1 saturated heterocycles. The second-order valence-corrected chi connectivity index (χ2v) is 10.2. The van der Waals surface area contributed by atoms with Crippen LogP contribution < -0.4 is 14.9 Å². The molecule has 1 aliphatic rings. The number of para-hydroxylation sites is 1. The van der Waals surface area contributed by atoms with Crippen LogP contribution in [0.25, 0.3) is 0 Å². The van der Waals surface area contributed by atoms with Gasteiger partial charge in [-0.2, -0.15) is 0 Å². The van der Waals surface area contributed by atoms with E-state index >= 15 is 0 Å². The lowest BCUT2D eigenvalue weighted by Gasteiger charge is -2.22. The Kier molecular flexibility index (Phi) is 6.31. The van der Waals surface area contributed by atoms with E-state index in [0.717, 1.165) is 9.21 Å². The smallest absolute Gasteiger partial charge is 0.324 e. The Hall–Kier alpha value is -4.18. The van der Waals surface area contributed by atoms with Crippen molar-refractivity contribution in [3.63, 3.8) is 0 Å². The summed E-state index contributed by atoms with van der Waals surface area (Å²) in [7, 11) is -2.44. The third kappa shape index (κ3) is 4.60. The highest BCUT2D eigenvalue weighted by molar-refractivity contribution is 7.92. The summed E-state index contributed by atoms with van der Waals surface area (Å²) in [6.45, 7) is 1.06. The van der Waals surface area contributed by atoms with E-state index in [0.29, 0.717) is 11.3 Å². The first-order valence-corrected chi connectivity index (χ1v) is 12.2. The number of carbonyl (C=O) groups excluding carboxylic acids is 3. The number of anilines is 2. The van der Waals surface area contributed by atoms with Crippen molar-refractivity contribution in [3.05, 3.63) is 90.5 Å². The summed E-state index contributed by atoms with van der Waals surface area (Å²) in [5.74, 6) is -1.19. The molecule has 10 heteroatoms. The summed E-state index contributed by atoms with van der Waals surface area (Å²) in [5, 5.41) is 5.22. The van der Waals surface area contributed by atoms with Crippen LogP contribution in [0.4, 0.5) is 16.2 Å². The molecule has 0 bridgehead atoms. The molecule has 0 aliphatic carbocycles. The van der Waals surface area contributed by atoms with E-state index < -0.39 is 40.0 Å². The molecule has 0 radical (unpaired) electrons. The molecule has 0 unspecified atom stereocenters. The van der Waals surface area contributed by atoms with Crippen LogP contribution in [0.15, 0.2) is 89.8 Å². The zero-order valence-corrected chi connectivity index (χ0v) is 20.0. The van der Waals surface area contributed by atoms with E-state index in [1.54, 1.807) is 67.6 Å². The zero-order chi connectivity index (χ0) is 25.2. The number of carbonyl (C=O) groups is 3. The molecule has 1 heterocycles. The standard InChI is InChI=1S/C25H24N4O5S/c1-25(18-10-5-3-6-11-18)23(31)29(24(32)27-25)17-22(30)26-19-12-9-15-21(16-19)35(33,34)28(2)20-13-7-4-8-14-20/h3-16H,17H2,1-2H3,(H,26,30)(H,27,32)/t25-/m1/s1. The molecule has 0 aromatic heterocycles. The number of urea groups is 1. The first-order valence-electron chi connectivity index (χ1n) is 10.8. The summed E-state index contributed by atoms with van der Waals surface area (Å²) in [6.07, 6.45) is 0. The van der Waals surface area contributed by atoms with Gasteiger partial charge in [-0.05, 0) is 42.8 Å². The van der Waals surface area contributed by atoms with E-state index in [1.807, 2.05) is 0 Å². The normalized spacial score (nSPS) is 17.7. The minimum absolute atomic E-state index is 0.0201. The molecule has 0 saturated carbocycles. The molecule has 3 aromatic carbocycles. The fourth-order valence-electron chi connectivity index (χ4n) is 3.82. The van der Waals surface area contributed by atoms with Gasteiger partial charge in [0.1, 0.15) is 12.1 Å². The van der Waals surface area contributed by atoms with Gasteiger partial charge in [-0.15, -0.1) is 0 Å². The van der Waals surface area contributed by atoms with Crippen molar-refractivity contribution in [2.75, 3.05) is 23.2 Å². The number of nitrogens with one attached hydrogen (secondary N) is 2. The molecule has 2 N–H and O–H groups in total. The Bertz CT molecular complexity index is 1380. The SMILES string of the molecule is CN(c1ccccc1)S(=O)(=O)c1cccc(NC(=O)CN2C(=O)N[C@](C)(c3ccccc3)C2=O)c1. The maximum atomic E-state index is 13.0. The quantitative estimate of drug-likeness (QED) is 0.492. The number of hydrogen-bond donors (Lipinski definition) is 2. The summed E-state index contributed by atoms with van der Waals surface area (Å²) >= 11 is 0. The Balaban J connectivity index is 1.48. The Morgan fingerprint density at radius 3 is 2.26 bits per heavy atom. The topological polar surface area (TPSA) is 116 Å². The zero-order valence-electron chi connectivity index (χ0n) is 19.1. The lowest BCUT2D eigenvalue weighted by atomic mass is 9.92. The molecule has 3 aromatic rings. The van der Waals surface area contributed by atoms with Gasteiger partial charge in [-0.1, -0.05) is 54.6 Å². The van der Waals surface area contributed by atoms with E-state index in [4.69, 9.17) is 0 Å². The van der Waals surface area contributed by atoms with Gasteiger partial charge >= 0.3 is 6.03 Å². The monoisotopic (exact) mass is 492 g/mol. The molecule has 4 rings (SSSR count). The third-order valence-electron chi connectivity index (χ3n) is 5.82. The van der Waals surface area contributed by atoms with Crippen molar-refractivity contribution in [1.82, 2.24) is 10.2 Å². The Labute approximate surface area is 203 Å². The second-order valence-electron chi connectivity index (χ2n) is 8.20. The van der Waals surface area contributed by atoms with Crippen molar-refractivity contribution in [1.29, 1.82) is 0 Å². The number of benzene rings is 3. The molecule has 1 aliphatic heterocycles. The summed E-state index contributed by atoms with van der Waals surface area (Å²) in [5.41, 5.74) is 0.0216. The van der Waals surface area contributed by atoms with Crippen molar-refractivity contribution >= 4 is 39.2 Å². The van der Waals surface area contributed by atoms with Crippen LogP contribution in [-0.2, 0) is 25.2 Å². The van der Waals surface area contributed by atoms with Gasteiger partial charge in [0, 0.05) is 12.7 Å². The van der Waals surface area contributed by atoms with Gasteiger partial charge in [0.05, 0.1) is 10.6 Å². The number of imide groups is 1. The number of hydrogen-bond acceptors (Lipinski definition) is 5. The van der Waals surface area contributed by atoms with Crippen molar-refractivity contribution < 1.29 is 22.8 Å². The third-order valence-corrected chi connectivity index (χ3v) is 7.61. The molecule has 0 spiro atoms. The van der Waals surface area contributed by atoms with Crippen LogP contribution in [-0.4, -0.2) is 44.8 Å². The summed E-state index contributed by atoms with van der Waals surface area (Å²) in [6, 6.07) is 22.4. The van der Waals surface area contributed by atoms with Crippen LogP contribution in [0.1, 0.15) is 12.5 Å². The average molecular weight is 493 g/mol. The Morgan fingerprint density at radius 1 is 0.971 bits per heavy atom. The van der Waals surface area contributed by atoms with Crippen molar-refractivity contribution in [2.45, 2.75) is 17.4 Å². The van der Waals surface area contributed by atoms with E-state index in [-0.39, 0.29) is 10.6 Å². The molecule has 1 fully saturated rings. The lowest BCUT2D eigenvalue weighted by molar-refractivity contribution is -0.133. The summed E-state index contributed by atoms with van der Waals surface area (Å²) < 4.78 is 27.2. The van der Waals surface area contributed by atoms with E-state index in [1.165, 1.54) is 31.3 Å². The molecule has 35 heavy (non-hydrogen) atoms. The first kappa shape index (κ1) is 24.0. The van der Waals surface area contributed by atoms with Crippen LogP contribution >= 0.6 is 0 Å². The second kappa shape index (κ2) is 9.22. The number of amides is 4. The van der Waals surface area contributed by atoms with Crippen LogP contribution in [0.2, 0.25) is 0 Å². The van der Waals surface area contributed by atoms with Gasteiger partial charge in [-0.25, -0.2) is 13.2 Å². The van der Waals surface area contributed by atoms with Gasteiger partial charge in [0.2, 0.25) is 5.91 Å². The molecule has 1 atom stereocenters. The fraction of sp³-hybridized carbons (Fsp3) is 0.160. The van der Waals surface area contributed by atoms with Gasteiger partial charge in [0.15, 0.2) is 0 Å². The molecular weight excluding hydrogens is 468 g/mol. The Morgan fingerprint density at radius 2 is 1.60 bits per heavy atom. The molecule has 180 valence electrons. The fourth-order valence-corrected chi connectivity index (χ4v) is 5.06. The van der Waals surface area contributed by atoms with Crippen LogP contribution in [0, 0.1) is 0 Å². The summed E-state index contributed by atoms with van der Waals surface area (Å²) in [4.78, 5) is 39.0. The van der Waals surface area contributed by atoms with E-state index in [2.05, 4.69) is 10.6 Å². The highest BCUT2D eigenvalue weighted by atomic mass is 32.2. The number of nitrogens with zero attached hydrogens (tertiary/aromatic N) is 2. The van der Waals surface area contributed by atoms with Crippen LogP contribution in [0.5, 0.6) is 0 Å². The average Bonchev–Trinajstić information content (AvgIpc) is 3.08. The van der Waals surface area contributed by atoms with Gasteiger partial charge in [0.25, 0.3) is 15.9 Å². The maximum absolute atomic E-state index is 13.0. The minimum Gasteiger partial charge on any atom is -0.324 e. The van der Waals surface area contributed by atoms with Gasteiger partial charge < -0.3 is 10.6 Å². The first-order chi connectivity index (χ1) is 16.6. The molecular formula is C25H24N4O5S. The van der Waals surface area contributed by atoms with Crippen molar-refractivity contribution in [3.8, 4) is 0 Å². The molecule has 9 nitrogen and oxygen atoms in total. The van der Waals surface area contributed by atoms with Crippen molar-refractivity contribution in [2.24, 2.45) is 0 Å². The van der Waals surface area contributed by atoms with Crippen LogP contribution in [0.3, 0.4) is 0 Å².